The van der Waals surface area contributed by atoms with Gasteiger partial charge in [-0.2, -0.15) is 0 Å². The maximum atomic E-state index is 12.9. The number of ether oxygens (including phenoxy) is 1. The number of nitrogens with one attached hydrogen (secondary N) is 1. The highest BCUT2D eigenvalue weighted by molar-refractivity contribution is 6.30. The zero-order valence-corrected chi connectivity index (χ0v) is 17.9. The molecule has 1 aliphatic heterocycles. The van der Waals surface area contributed by atoms with E-state index in [2.05, 4.69) is 5.32 Å². The number of carbonyl (C=O) groups is 4. The quantitative estimate of drug-likeness (QED) is 0.552. The number of hydrogen-bond donors (Lipinski definition) is 1. The van der Waals surface area contributed by atoms with Crippen LogP contribution in [0.1, 0.15) is 29.6 Å². The predicted molar refractivity (Wildman–Crippen MR) is 117 cm³/mol. The lowest BCUT2D eigenvalue weighted by molar-refractivity contribution is -0.123. The molecule has 2 bridgehead atoms. The predicted octanol–water partition coefficient (Wildman–Crippen LogP) is 3.67. The first-order chi connectivity index (χ1) is 15.4. The van der Waals surface area contributed by atoms with Crippen molar-refractivity contribution in [1.29, 1.82) is 0 Å². The fourth-order valence-corrected chi connectivity index (χ4v) is 5.48. The van der Waals surface area contributed by atoms with Crippen LogP contribution in [-0.4, -0.2) is 30.3 Å². The molecule has 0 radical (unpaired) electrons. The number of anilines is 2. The third kappa shape index (κ3) is 3.56. The Labute approximate surface area is 189 Å². The number of rotatable bonds is 5. The molecule has 2 aromatic rings. The van der Waals surface area contributed by atoms with E-state index < -0.39 is 18.5 Å². The van der Waals surface area contributed by atoms with Crippen LogP contribution in [-0.2, 0) is 19.1 Å². The van der Waals surface area contributed by atoms with Gasteiger partial charge in [-0.1, -0.05) is 11.6 Å². The Kier molecular flexibility index (Phi) is 5.21. The molecule has 4 atom stereocenters. The van der Waals surface area contributed by atoms with Gasteiger partial charge < -0.3 is 10.1 Å². The Hall–Kier alpha value is -3.19. The normalized spacial score (nSPS) is 25.7. The average Bonchev–Trinajstić information content (AvgIpc) is 3.47. The summed E-state index contributed by atoms with van der Waals surface area (Å²) < 4.78 is 5.07. The van der Waals surface area contributed by atoms with Crippen molar-refractivity contribution < 1.29 is 23.9 Å². The third-order valence-corrected chi connectivity index (χ3v) is 7.00. The van der Waals surface area contributed by atoms with Crippen LogP contribution in [0, 0.1) is 23.7 Å². The van der Waals surface area contributed by atoms with Crippen molar-refractivity contribution in [3.63, 3.8) is 0 Å². The van der Waals surface area contributed by atoms with Gasteiger partial charge in [-0.05, 0) is 79.6 Å². The summed E-state index contributed by atoms with van der Waals surface area (Å²) in [6, 6.07) is 12.7. The lowest BCUT2D eigenvalue weighted by atomic mass is 9.81. The number of imide groups is 1. The fraction of sp³-hybridized carbons (Fsp3) is 0.333. The minimum Gasteiger partial charge on any atom is -0.452 e. The third-order valence-electron chi connectivity index (χ3n) is 6.75. The van der Waals surface area contributed by atoms with Crippen molar-refractivity contribution >= 4 is 46.7 Å². The molecular weight excluding hydrogens is 432 g/mol. The molecule has 1 N–H and O–H groups in total. The zero-order chi connectivity index (χ0) is 22.4. The standard InChI is InChI=1S/C24H21ClN2O5/c25-16-5-7-17(8-6-16)26-19(28)12-32-24(31)13-3-9-18(10-4-13)27-22(29)20-14-1-2-15(11-14)21(20)23(27)30/h3-10,14-15,20-21H,1-2,11-12H2,(H,26,28)/t14-,15-,20+,21+/m0/s1. The lowest BCUT2D eigenvalue weighted by Gasteiger charge is -2.19. The number of esters is 1. The highest BCUT2D eigenvalue weighted by atomic mass is 35.5. The molecule has 32 heavy (non-hydrogen) atoms. The summed E-state index contributed by atoms with van der Waals surface area (Å²) in [5.74, 6) is -1.14. The minimum absolute atomic E-state index is 0.124. The Morgan fingerprint density at radius 1 is 0.938 bits per heavy atom. The number of hydrogen-bond acceptors (Lipinski definition) is 5. The number of halogens is 1. The largest absolute Gasteiger partial charge is 0.452 e. The summed E-state index contributed by atoms with van der Waals surface area (Å²) in [4.78, 5) is 51.4. The molecule has 2 saturated carbocycles. The Bertz CT molecular complexity index is 1070. The van der Waals surface area contributed by atoms with Gasteiger partial charge in [0, 0.05) is 10.7 Å². The van der Waals surface area contributed by atoms with Crippen molar-refractivity contribution in [2.75, 3.05) is 16.8 Å². The first-order valence-corrected chi connectivity index (χ1v) is 11.0. The summed E-state index contributed by atoms with van der Waals surface area (Å²) in [6.07, 6.45) is 3.03. The van der Waals surface area contributed by atoms with Gasteiger partial charge >= 0.3 is 5.97 Å². The molecule has 0 aromatic heterocycles. The summed E-state index contributed by atoms with van der Waals surface area (Å²) in [6.45, 7) is -0.446. The smallest absolute Gasteiger partial charge is 0.338 e. The van der Waals surface area contributed by atoms with Gasteiger partial charge in [-0.15, -0.1) is 0 Å². The lowest BCUT2D eigenvalue weighted by Crippen LogP contribution is -2.32. The van der Waals surface area contributed by atoms with Crippen LogP contribution < -0.4 is 10.2 Å². The molecule has 8 heteroatoms. The number of nitrogens with zero attached hydrogens (tertiary/aromatic N) is 1. The van der Waals surface area contributed by atoms with Crippen molar-refractivity contribution in [2.45, 2.75) is 19.3 Å². The highest BCUT2D eigenvalue weighted by Crippen LogP contribution is 2.56. The number of carbonyl (C=O) groups excluding carboxylic acids is 4. The van der Waals surface area contributed by atoms with Crippen LogP contribution in [0.15, 0.2) is 48.5 Å². The molecule has 2 aliphatic carbocycles. The number of benzene rings is 2. The van der Waals surface area contributed by atoms with Crippen LogP contribution >= 0.6 is 11.6 Å². The molecule has 3 aliphatic rings. The summed E-state index contributed by atoms with van der Waals surface area (Å²) in [5.41, 5.74) is 1.23. The zero-order valence-electron chi connectivity index (χ0n) is 17.1. The Morgan fingerprint density at radius 2 is 1.53 bits per heavy atom. The molecule has 0 spiro atoms. The van der Waals surface area contributed by atoms with E-state index in [1.165, 1.54) is 17.0 Å². The second-order valence-corrected chi connectivity index (χ2v) is 9.01. The van der Waals surface area contributed by atoms with Gasteiger partial charge in [0.05, 0.1) is 23.1 Å². The van der Waals surface area contributed by atoms with Crippen LogP contribution in [0.25, 0.3) is 0 Å². The van der Waals surface area contributed by atoms with E-state index in [9.17, 15) is 19.2 Å². The van der Waals surface area contributed by atoms with Crippen molar-refractivity contribution in [3.8, 4) is 0 Å². The second-order valence-electron chi connectivity index (χ2n) is 8.57. The maximum Gasteiger partial charge on any atom is 0.338 e. The van der Waals surface area contributed by atoms with Gasteiger partial charge in [0.15, 0.2) is 6.61 Å². The van der Waals surface area contributed by atoms with E-state index in [4.69, 9.17) is 16.3 Å². The van der Waals surface area contributed by atoms with Crippen LogP contribution in [0.4, 0.5) is 11.4 Å². The molecule has 3 amide bonds. The maximum absolute atomic E-state index is 12.9. The number of fused-ring (bicyclic) bond motifs is 5. The van der Waals surface area contributed by atoms with E-state index in [1.54, 1.807) is 36.4 Å². The fourth-order valence-electron chi connectivity index (χ4n) is 5.35. The van der Waals surface area contributed by atoms with Gasteiger partial charge in [0.25, 0.3) is 5.91 Å². The molecule has 2 aromatic carbocycles. The summed E-state index contributed by atoms with van der Waals surface area (Å²) >= 11 is 5.80. The van der Waals surface area contributed by atoms with Gasteiger partial charge in [0.1, 0.15) is 0 Å². The average molecular weight is 453 g/mol. The second kappa shape index (κ2) is 8.06. The molecule has 5 rings (SSSR count). The van der Waals surface area contributed by atoms with Gasteiger partial charge in [-0.25, -0.2) is 4.79 Å². The van der Waals surface area contributed by atoms with Gasteiger partial charge in [-0.3, -0.25) is 19.3 Å². The molecule has 1 saturated heterocycles. The molecule has 7 nitrogen and oxygen atoms in total. The van der Waals surface area contributed by atoms with E-state index >= 15 is 0 Å². The first-order valence-electron chi connectivity index (χ1n) is 10.6. The van der Waals surface area contributed by atoms with E-state index in [1.807, 2.05) is 0 Å². The van der Waals surface area contributed by atoms with E-state index in [0.717, 1.165) is 19.3 Å². The molecule has 0 unspecified atom stereocenters. The van der Waals surface area contributed by atoms with Crippen LogP contribution in [0.5, 0.6) is 0 Å². The Balaban J connectivity index is 1.20. The summed E-state index contributed by atoms with van der Waals surface area (Å²) in [7, 11) is 0. The first kappa shape index (κ1) is 20.7. The number of amides is 3. The molecule has 164 valence electrons. The Morgan fingerprint density at radius 3 is 2.12 bits per heavy atom. The molecule has 1 heterocycles. The minimum atomic E-state index is -0.670. The van der Waals surface area contributed by atoms with Crippen molar-refractivity contribution in [2.24, 2.45) is 23.7 Å². The monoisotopic (exact) mass is 452 g/mol. The highest BCUT2D eigenvalue weighted by Gasteiger charge is 2.61. The van der Waals surface area contributed by atoms with Crippen LogP contribution in [0.3, 0.4) is 0 Å². The topological polar surface area (TPSA) is 92.8 Å². The SMILES string of the molecule is O=C(COC(=O)c1ccc(N2C(=O)[C@@H]3[C@H]4CC[C@@H](C4)[C@H]3C2=O)cc1)Nc1ccc(Cl)cc1. The molecular formula is C24H21ClN2O5. The van der Waals surface area contributed by atoms with Crippen molar-refractivity contribution in [1.82, 2.24) is 0 Å². The van der Waals surface area contributed by atoms with Gasteiger partial charge in [0.2, 0.25) is 11.8 Å². The summed E-state index contributed by atoms with van der Waals surface area (Å²) in [5, 5.41) is 3.15. The van der Waals surface area contributed by atoms with E-state index in [0.29, 0.717) is 28.2 Å². The van der Waals surface area contributed by atoms with E-state index in [-0.39, 0.29) is 29.2 Å². The van der Waals surface area contributed by atoms with Crippen LogP contribution in [0.2, 0.25) is 5.02 Å². The van der Waals surface area contributed by atoms with Crippen molar-refractivity contribution in [3.05, 3.63) is 59.1 Å². The molecule has 3 fully saturated rings.